The zero-order valence-corrected chi connectivity index (χ0v) is 11.1. The molecule has 0 saturated carbocycles. The number of carboxylic acid groups (broad SMARTS) is 1. The average molecular weight is 275 g/mol. The van der Waals surface area contributed by atoms with E-state index in [1.54, 1.807) is 0 Å². The molecular formula is C11H17NO5S. The Morgan fingerprint density at radius 1 is 1.50 bits per heavy atom. The van der Waals surface area contributed by atoms with E-state index >= 15 is 0 Å². The van der Waals surface area contributed by atoms with Crippen molar-refractivity contribution in [2.75, 3.05) is 13.7 Å². The van der Waals surface area contributed by atoms with E-state index in [-0.39, 0.29) is 18.7 Å². The van der Waals surface area contributed by atoms with Crippen LogP contribution >= 0.6 is 12.6 Å². The first-order valence-corrected chi connectivity index (χ1v) is 6.27. The molecule has 102 valence electrons. The molecule has 0 aromatic heterocycles. The quantitative estimate of drug-likeness (QED) is 0.557. The summed E-state index contributed by atoms with van der Waals surface area (Å²) in [6.45, 7) is 0.464. The molecule has 0 aromatic rings. The molecule has 0 aliphatic carbocycles. The van der Waals surface area contributed by atoms with Crippen LogP contribution in [0.5, 0.6) is 0 Å². The van der Waals surface area contributed by atoms with Gasteiger partial charge in [-0.25, -0.2) is 4.79 Å². The number of aliphatic carboxylic acids is 1. The number of carbonyl (C=O) groups excluding carboxylic acids is 2. The smallest absolute Gasteiger partial charge is 0.326 e. The van der Waals surface area contributed by atoms with Gasteiger partial charge in [-0.2, -0.15) is 12.6 Å². The number of nitrogens with zero attached hydrogens (tertiary/aromatic N) is 1. The number of likely N-dealkylation sites (tertiary alicyclic amines) is 1. The molecule has 1 aliphatic rings. The van der Waals surface area contributed by atoms with Crippen LogP contribution in [0.15, 0.2) is 0 Å². The van der Waals surface area contributed by atoms with E-state index in [0.717, 1.165) is 0 Å². The minimum Gasteiger partial charge on any atom is -0.480 e. The molecule has 6 nitrogen and oxygen atoms in total. The number of carbonyl (C=O) groups is 3. The van der Waals surface area contributed by atoms with Crippen molar-refractivity contribution < 1.29 is 24.2 Å². The van der Waals surface area contributed by atoms with Gasteiger partial charge >= 0.3 is 11.9 Å². The van der Waals surface area contributed by atoms with Crippen LogP contribution in [0.1, 0.15) is 25.7 Å². The second kappa shape index (κ2) is 6.63. The van der Waals surface area contributed by atoms with Gasteiger partial charge in [-0.3, -0.25) is 9.59 Å². The lowest BCUT2D eigenvalue weighted by Crippen LogP contribution is -2.40. The molecule has 1 saturated heterocycles. The fourth-order valence-corrected chi connectivity index (χ4v) is 2.21. The van der Waals surface area contributed by atoms with E-state index in [0.29, 0.717) is 19.4 Å². The Kier molecular flexibility index (Phi) is 5.46. The Bertz CT molecular complexity index is 346. The van der Waals surface area contributed by atoms with Crippen LogP contribution in [-0.4, -0.2) is 52.8 Å². The van der Waals surface area contributed by atoms with Crippen molar-refractivity contribution in [3.8, 4) is 0 Å². The molecule has 0 radical (unpaired) electrons. The normalized spacial score (nSPS) is 20.6. The molecule has 0 spiro atoms. The maximum Gasteiger partial charge on any atom is 0.326 e. The van der Waals surface area contributed by atoms with Gasteiger partial charge in [-0.05, 0) is 19.3 Å². The molecule has 18 heavy (non-hydrogen) atoms. The van der Waals surface area contributed by atoms with Gasteiger partial charge in [0, 0.05) is 13.0 Å². The first-order valence-electron chi connectivity index (χ1n) is 5.75. The molecule has 1 aliphatic heterocycles. The van der Waals surface area contributed by atoms with Gasteiger partial charge in [0.05, 0.1) is 12.4 Å². The summed E-state index contributed by atoms with van der Waals surface area (Å²) in [5.41, 5.74) is 0. The highest BCUT2D eigenvalue weighted by molar-refractivity contribution is 7.81. The summed E-state index contributed by atoms with van der Waals surface area (Å²) in [7, 11) is 1.26. The Labute approximate surface area is 111 Å². The zero-order chi connectivity index (χ0) is 13.7. The van der Waals surface area contributed by atoms with E-state index in [1.165, 1.54) is 12.0 Å². The fourth-order valence-electron chi connectivity index (χ4n) is 1.98. The summed E-state index contributed by atoms with van der Waals surface area (Å²) in [5, 5.41) is 8.30. The van der Waals surface area contributed by atoms with Crippen molar-refractivity contribution >= 4 is 30.5 Å². The third-order valence-electron chi connectivity index (χ3n) is 2.96. The van der Waals surface area contributed by atoms with Crippen LogP contribution in [0.3, 0.4) is 0 Å². The lowest BCUT2D eigenvalue weighted by molar-refractivity contribution is -0.148. The minimum absolute atomic E-state index is 0.104. The van der Waals surface area contributed by atoms with Crippen LogP contribution in [0.2, 0.25) is 0 Å². The number of rotatable bonds is 5. The second-order valence-corrected chi connectivity index (χ2v) is 4.78. The topological polar surface area (TPSA) is 83.9 Å². The number of ether oxygens (including phenoxy) is 1. The van der Waals surface area contributed by atoms with Gasteiger partial charge in [-0.15, -0.1) is 0 Å². The Morgan fingerprint density at radius 2 is 2.17 bits per heavy atom. The maximum absolute atomic E-state index is 11.9. The molecule has 0 bridgehead atoms. The van der Waals surface area contributed by atoms with Crippen molar-refractivity contribution in [1.82, 2.24) is 4.90 Å². The van der Waals surface area contributed by atoms with Crippen molar-refractivity contribution in [2.24, 2.45) is 0 Å². The van der Waals surface area contributed by atoms with Crippen LogP contribution in [0.4, 0.5) is 0 Å². The Morgan fingerprint density at radius 3 is 2.72 bits per heavy atom. The lowest BCUT2D eigenvalue weighted by atomic mass is 10.2. The summed E-state index contributed by atoms with van der Waals surface area (Å²) in [4.78, 5) is 35.2. The average Bonchev–Trinajstić information content (AvgIpc) is 2.83. The number of carboxylic acids is 1. The fraction of sp³-hybridized carbons (Fsp3) is 0.727. The van der Waals surface area contributed by atoms with Crippen LogP contribution in [-0.2, 0) is 19.1 Å². The molecule has 1 rings (SSSR count). The molecule has 1 unspecified atom stereocenters. The summed E-state index contributed by atoms with van der Waals surface area (Å²) >= 11 is 4.02. The van der Waals surface area contributed by atoms with E-state index in [4.69, 9.17) is 5.11 Å². The monoisotopic (exact) mass is 275 g/mol. The third kappa shape index (κ3) is 3.63. The first kappa shape index (κ1) is 14.8. The highest BCUT2D eigenvalue weighted by atomic mass is 32.1. The number of esters is 1. The third-order valence-corrected chi connectivity index (χ3v) is 3.43. The highest BCUT2D eigenvalue weighted by Gasteiger charge is 2.33. The van der Waals surface area contributed by atoms with Crippen molar-refractivity contribution in [1.29, 1.82) is 0 Å². The predicted molar refractivity (Wildman–Crippen MR) is 66.4 cm³/mol. The zero-order valence-electron chi connectivity index (χ0n) is 10.2. The van der Waals surface area contributed by atoms with Crippen molar-refractivity contribution in [3.63, 3.8) is 0 Å². The SMILES string of the molecule is COC(=O)C(S)CCC(=O)N1CCC[C@H]1C(=O)O. The van der Waals surface area contributed by atoms with E-state index in [2.05, 4.69) is 17.4 Å². The molecule has 1 N–H and O–H groups in total. The Hall–Kier alpha value is -1.24. The molecule has 1 fully saturated rings. The van der Waals surface area contributed by atoms with Crippen LogP contribution in [0, 0.1) is 0 Å². The summed E-state index contributed by atoms with van der Waals surface area (Å²) < 4.78 is 4.49. The number of thiol groups is 1. The van der Waals surface area contributed by atoms with Crippen LogP contribution < -0.4 is 0 Å². The number of amides is 1. The summed E-state index contributed by atoms with van der Waals surface area (Å²) in [5.74, 6) is -1.71. The van der Waals surface area contributed by atoms with Gasteiger partial charge in [0.15, 0.2) is 0 Å². The van der Waals surface area contributed by atoms with Gasteiger partial charge in [0.2, 0.25) is 5.91 Å². The Balaban J connectivity index is 2.45. The summed E-state index contributed by atoms with van der Waals surface area (Å²) in [6.07, 6.45) is 1.54. The molecule has 2 atom stereocenters. The number of hydrogen-bond donors (Lipinski definition) is 2. The van der Waals surface area contributed by atoms with E-state index in [1.807, 2.05) is 0 Å². The second-order valence-electron chi connectivity index (χ2n) is 4.16. The predicted octanol–water partition coefficient (Wildman–Crippen LogP) is 0.314. The molecule has 1 heterocycles. The first-order chi connectivity index (χ1) is 8.47. The largest absolute Gasteiger partial charge is 0.480 e. The van der Waals surface area contributed by atoms with E-state index in [9.17, 15) is 14.4 Å². The highest BCUT2D eigenvalue weighted by Crippen LogP contribution is 2.19. The van der Waals surface area contributed by atoms with Gasteiger partial charge in [0.25, 0.3) is 0 Å². The minimum atomic E-state index is -0.976. The maximum atomic E-state index is 11.9. The van der Waals surface area contributed by atoms with Crippen LogP contribution in [0.25, 0.3) is 0 Å². The lowest BCUT2D eigenvalue weighted by Gasteiger charge is -2.21. The number of methoxy groups -OCH3 is 1. The van der Waals surface area contributed by atoms with E-state index < -0.39 is 23.2 Å². The van der Waals surface area contributed by atoms with Gasteiger partial charge in [0.1, 0.15) is 6.04 Å². The molecule has 0 aromatic carbocycles. The molecule has 1 amide bonds. The standard InChI is InChI=1S/C11H17NO5S/c1-17-11(16)8(18)4-5-9(13)12-6-2-3-7(12)10(14)15/h7-8,18H,2-6H2,1H3,(H,14,15)/t7-,8?/m0/s1. The summed E-state index contributed by atoms with van der Waals surface area (Å²) in [6, 6.07) is -0.728. The van der Waals surface area contributed by atoms with Crippen molar-refractivity contribution in [3.05, 3.63) is 0 Å². The molecular weight excluding hydrogens is 258 g/mol. The van der Waals surface area contributed by atoms with Crippen molar-refractivity contribution in [2.45, 2.75) is 37.0 Å². The van der Waals surface area contributed by atoms with Gasteiger partial charge in [-0.1, -0.05) is 0 Å². The molecule has 7 heteroatoms. The number of hydrogen-bond acceptors (Lipinski definition) is 5. The van der Waals surface area contributed by atoms with Gasteiger partial charge < -0.3 is 14.7 Å².